The van der Waals surface area contributed by atoms with Crippen LogP contribution in [0.2, 0.25) is 0 Å². The topological polar surface area (TPSA) is 26.0 Å². The van der Waals surface area contributed by atoms with Crippen LogP contribution >= 0.6 is 0 Å². The van der Waals surface area contributed by atoms with E-state index in [1.54, 1.807) is 5.57 Å². The molecule has 0 bridgehead atoms. The molecule has 15 heavy (non-hydrogen) atoms. The summed E-state index contributed by atoms with van der Waals surface area (Å²) in [5, 5.41) is 0. The molecule has 0 aromatic rings. The van der Waals surface area contributed by atoms with E-state index in [1.165, 1.54) is 18.4 Å². The fourth-order valence-corrected chi connectivity index (χ4v) is 2.47. The van der Waals surface area contributed by atoms with Crippen LogP contribution in [-0.4, -0.2) is 6.04 Å². The van der Waals surface area contributed by atoms with E-state index in [0.29, 0.717) is 0 Å². The molecule has 2 N–H and O–H groups in total. The molecule has 0 aromatic carbocycles. The van der Waals surface area contributed by atoms with Crippen molar-refractivity contribution < 1.29 is 0 Å². The van der Waals surface area contributed by atoms with Gasteiger partial charge in [0.25, 0.3) is 0 Å². The molecule has 0 fully saturated rings. The van der Waals surface area contributed by atoms with E-state index in [-0.39, 0.29) is 6.04 Å². The highest BCUT2D eigenvalue weighted by atomic mass is 14.6. The number of rotatable bonds is 1. The van der Waals surface area contributed by atoms with Crippen molar-refractivity contribution in [1.82, 2.24) is 0 Å². The number of allylic oxidation sites excluding steroid dienone is 4. The summed E-state index contributed by atoms with van der Waals surface area (Å²) in [6, 6.07) is 0.243. The van der Waals surface area contributed by atoms with Gasteiger partial charge in [-0.3, -0.25) is 0 Å². The lowest BCUT2D eigenvalue weighted by Crippen LogP contribution is -2.20. The molecular weight excluding hydrogens is 182 g/mol. The summed E-state index contributed by atoms with van der Waals surface area (Å²) in [4.78, 5) is 0. The molecule has 0 heterocycles. The molecule has 3 unspecified atom stereocenters. The predicted octanol–water partition coefficient (Wildman–Crippen LogP) is 3.19. The van der Waals surface area contributed by atoms with Crippen LogP contribution in [0.15, 0.2) is 35.5 Å². The molecule has 0 saturated carbocycles. The summed E-state index contributed by atoms with van der Waals surface area (Å²) in [6.07, 6.45) is 12.6. The first kappa shape index (κ1) is 10.7. The number of hydrogen-bond donors (Lipinski definition) is 1. The quantitative estimate of drug-likeness (QED) is 0.651. The summed E-state index contributed by atoms with van der Waals surface area (Å²) in [6.45, 7) is 4.58. The lowest BCUT2D eigenvalue weighted by molar-refractivity contribution is 0.452. The molecule has 0 spiro atoms. The van der Waals surface area contributed by atoms with Crippen molar-refractivity contribution in [3.05, 3.63) is 35.5 Å². The molecule has 3 atom stereocenters. The third-order valence-corrected chi connectivity index (χ3v) is 3.77. The minimum atomic E-state index is 0.243. The summed E-state index contributed by atoms with van der Waals surface area (Å²) in [5.74, 6) is 1.47. The van der Waals surface area contributed by atoms with Gasteiger partial charge in [0.15, 0.2) is 0 Å². The van der Waals surface area contributed by atoms with Crippen molar-refractivity contribution in [2.24, 2.45) is 17.6 Å². The highest BCUT2D eigenvalue weighted by Gasteiger charge is 2.21. The van der Waals surface area contributed by atoms with Gasteiger partial charge in [0.1, 0.15) is 0 Å². The maximum atomic E-state index is 5.83. The summed E-state index contributed by atoms with van der Waals surface area (Å²) in [7, 11) is 0. The first-order chi connectivity index (χ1) is 7.16. The molecule has 0 saturated heterocycles. The first-order valence-corrected chi connectivity index (χ1v) is 5.97. The zero-order valence-corrected chi connectivity index (χ0v) is 9.74. The zero-order valence-electron chi connectivity index (χ0n) is 9.74. The fourth-order valence-electron chi connectivity index (χ4n) is 2.47. The van der Waals surface area contributed by atoms with E-state index in [1.807, 2.05) is 0 Å². The molecule has 0 aliphatic heterocycles. The van der Waals surface area contributed by atoms with Crippen molar-refractivity contribution in [3.8, 4) is 0 Å². The lowest BCUT2D eigenvalue weighted by Gasteiger charge is -2.28. The van der Waals surface area contributed by atoms with Crippen LogP contribution < -0.4 is 5.73 Å². The van der Waals surface area contributed by atoms with E-state index in [2.05, 4.69) is 38.2 Å². The molecular formula is C14H21N. The Balaban J connectivity index is 2.05. The monoisotopic (exact) mass is 203 g/mol. The Hall–Kier alpha value is -0.820. The van der Waals surface area contributed by atoms with E-state index < -0.39 is 0 Å². The van der Waals surface area contributed by atoms with Crippen molar-refractivity contribution in [2.75, 3.05) is 0 Å². The van der Waals surface area contributed by atoms with Crippen LogP contribution in [0.1, 0.15) is 33.1 Å². The molecule has 0 radical (unpaired) electrons. The van der Waals surface area contributed by atoms with E-state index in [0.717, 1.165) is 18.3 Å². The normalized spacial score (nSPS) is 36.1. The Morgan fingerprint density at radius 3 is 2.67 bits per heavy atom. The average Bonchev–Trinajstić information content (AvgIpc) is 2.23. The Bertz CT molecular complexity index is 322. The maximum absolute atomic E-state index is 5.83. The van der Waals surface area contributed by atoms with Gasteiger partial charge in [0, 0.05) is 6.04 Å². The van der Waals surface area contributed by atoms with Gasteiger partial charge in [-0.25, -0.2) is 0 Å². The van der Waals surface area contributed by atoms with Crippen molar-refractivity contribution in [2.45, 2.75) is 39.2 Å². The largest absolute Gasteiger partial charge is 0.324 e. The Kier molecular flexibility index (Phi) is 3.11. The summed E-state index contributed by atoms with van der Waals surface area (Å²) >= 11 is 0. The standard InChI is InChI=1S/C14H21N/c1-10-3-4-13(9-11(10)2)12-5-7-14(15)8-6-12/h3,5-7,11,13-14H,4,8-9,15H2,1-2H3. The minimum Gasteiger partial charge on any atom is -0.324 e. The van der Waals surface area contributed by atoms with Gasteiger partial charge in [-0.05, 0) is 43.6 Å². The second-order valence-corrected chi connectivity index (χ2v) is 4.98. The van der Waals surface area contributed by atoms with Gasteiger partial charge in [-0.1, -0.05) is 36.8 Å². The van der Waals surface area contributed by atoms with Gasteiger partial charge in [0.05, 0.1) is 0 Å². The van der Waals surface area contributed by atoms with Crippen molar-refractivity contribution >= 4 is 0 Å². The summed E-state index contributed by atoms with van der Waals surface area (Å²) in [5.41, 5.74) is 8.90. The fraction of sp³-hybridized carbons (Fsp3) is 0.571. The molecule has 2 aliphatic carbocycles. The van der Waals surface area contributed by atoms with Crippen LogP contribution in [-0.2, 0) is 0 Å². The SMILES string of the molecule is CC1=CCC(C2=CCC(N)C=C2)CC1C. The highest BCUT2D eigenvalue weighted by Crippen LogP contribution is 2.34. The Morgan fingerprint density at radius 2 is 2.07 bits per heavy atom. The predicted molar refractivity (Wildman–Crippen MR) is 65.5 cm³/mol. The van der Waals surface area contributed by atoms with Gasteiger partial charge in [0.2, 0.25) is 0 Å². The zero-order chi connectivity index (χ0) is 10.8. The average molecular weight is 203 g/mol. The van der Waals surface area contributed by atoms with Gasteiger partial charge >= 0.3 is 0 Å². The van der Waals surface area contributed by atoms with Gasteiger partial charge in [-0.2, -0.15) is 0 Å². The number of hydrogen-bond acceptors (Lipinski definition) is 1. The van der Waals surface area contributed by atoms with E-state index in [9.17, 15) is 0 Å². The van der Waals surface area contributed by atoms with E-state index in [4.69, 9.17) is 5.73 Å². The highest BCUT2D eigenvalue weighted by molar-refractivity contribution is 5.29. The Labute approximate surface area is 92.7 Å². The van der Waals surface area contributed by atoms with Crippen molar-refractivity contribution in [3.63, 3.8) is 0 Å². The third kappa shape index (κ3) is 2.40. The van der Waals surface area contributed by atoms with Gasteiger partial charge in [-0.15, -0.1) is 0 Å². The first-order valence-electron chi connectivity index (χ1n) is 5.97. The second-order valence-electron chi connectivity index (χ2n) is 4.98. The smallest absolute Gasteiger partial charge is 0.0262 e. The molecule has 82 valence electrons. The molecule has 1 heteroatoms. The maximum Gasteiger partial charge on any atom is 0.0262 e. The molecule has 0 amide bonds. The van der Waals surface area contributed by atoms with Crippen molar-refractivity contribution in [1.29, 1.82) is 0 Å². The lowest BCUT2D eigenvalue weighted by atomic mass is 9.78. The van der Waals surface area contributed by atoms with Crippen LogP contribution in [0, 0.1) is 11.8 Å². The molecule has 0 aromatic heterocycles. The van der Waals surface area contributed by atoms with Crippen LogP contribution in [0.4, 0.5) is 0 Å². The Morgan fingerprint density at radius 1 is 1.27 bits per heavy atom. The second kappa shape index (κ2) is 4.36. The third-order valence-electron chi connectivity index (χ3n) is 3.77. The molecule has 1 nitrogen and oxygen atoms in total. The van der Waals surface area contributed by atoms with Gasteiger partial charge < -0.3 is 5.73 Å². The molecule has 2 rings (SSSR count). The van der Waals surface area contributed by atoms with E-state index >= 15 is 0 Å². The summed E-state index contributed by atoms with van der Waals surface area (Å²) < 4.78 is 0. The van der Waals surface area contributed by atoms with Crippen LogP contribution in [0.25, 0.3) is 0 Å². The minimum absolute atomic E-state index is 0.243. The molecule has 2 aliphatic rings. The van der Waals surface area contributed by atoms with Crippen LogP contribution in [0.5, 0.6) is 0 Å². The van der Waals surface area contributed by atoms with Crippen LogP contribution in [0.3, 0.4) is 0 Å². The number of nitrogens with two attached hydrogens (primary N) is 1.